The summed E-state index contributed by atoms with van der Waals surface area (Å²) in [4.78, 5) is 27.4. The first-order valence-corrected chi connectivity index (χ1v) is 8.76. The van der Waals surface area contributed by atoms with Gasteiger partial charge < -0.3 is 10.2 Å². The van der Waals surface area contributed by atoms with E-state index in [0.717, 1.165) is 23.3 Å². The number of nitrogens with zero attached hydrogens (tertiary/aromatic N) is 1. The van der Waals surface area contributed by atoms with Crippen LogP contribution in [-0.2, 0) is 11.2 Å². The van der Waals surface area contributed by atoms with Crippen LogP contribution >= 0.6 is 11.3 Å². The maximum atomic E-state index is 12.4. The minimum absolute atomic E-state index is 0.0697. The van der Waals surface area contributed by atoms with Gasteiger partial charge in [-0.25, -0.2) is 0 Å². The van der Waals surface area contributed by atoms with Crippen molar-refractivity contribution in [1.29, 1.82) is 0 Å². The van der Waals surface area contributed by atoms with Crippen molar-refractivity contribution < 1.29 is 9.59 Å². The molecule has 1 aliphatic rings. The fourth-order valence-corrected chi connectivity index (χ4v) is 3.54. The zero-order chi connectivity index (χ0) is 16.1. The molecule has 0 unspecified atom stereocenters. The first-order valence-electron chi connectivity index (χ1n) is 7.88. The Bertz CT molecular complexity index is 647. The highest BCUT2D eigenvalue weighted by atomic mass is 32.1. The second kappa shape index (κ2) is 7.42. The first-order chi connectivity index (χ1) is 11.2. The Morgan fingerprint density at radius 3 is 2.48 bits per heavy atom. The molecule has 1 N–H and O–H groups in total. The Hall–Kier alpha value is -2.14. The summed E-state index contributed by atoms with van der Waals surface area (Å²) >= 11 is 1.60. The number of carbonyl (C=O) groups is 2. The van der Waals surface area contributed by atoms with Crippen LogP contribution in [0.25, 0.3) is 0 Å². The van der Waals surface area contributed by atoms with Crippen molar-refractivity contribution in [3.63, 3.8) is 0 Å². The van der Waals surface area contributed by atoms with Gasteiger partial charge in [-0.2, -0.15) is 0 Å². The van der Waals surface area contributed by atoms with Gasteiger partial charge in [0.2, 0.25) is 5.91 Å². The Labute approximate surface area is 140 Å². The van der Waals surface area contributed by atoms with Crippen molar-refractivity contribution in [2.24, 2.45) is 0 Å². The lowest BCUT2D eigenvalue weighted by atomic mass is 10.0. The topological polar surface area (TPSA) is 49.4 Å². The summed E-state index contributed by atoms with van der Waals surface area (Å²) in [5, 5.41) is 5.07. The van der Waals surface area contributed by atoms with Crippen molar-refractivity contribution in [2.75, 3.05) is 13.1 Å². The number of likely N-dealkylation sites (tertiary alicyclic amines) is 1. The Morgan fingerprint density at radius 2 is 1.83 bits per heavy atom. The van der Waals surface area contributed by atoms with E-state index in [2.05, 4.69) is 5.32 Å². The van der Waals surface area contributed by atoms with Crippen LogP contribution in [-0.4, -0.2) is 35.8 Å². The third kappa shape index (κ3) is 4.20. The normalized spacial score (nSPS) is 15.4. The average Bonchev–Trinajstić information content (AvgIpc) is 3.08. The maximum absolute atomic E-state index is 12.4. The van der Waals surface area contributed by atoms with E-state index >= 15 is 0 Å². The molecule has 3 rings (SSSR count). The van der Waals surface area contributed by atoms with Crippen LogP contribution in [0.15, 0.2) is 47.8 Å². The van der Waals surface area contributed by atoms with Crippen LogP contribution in [0.3, 0.4) is 0 Å². The van der Waals surface area contributed by atoms with E-state index in [-0.39, 0.29) is 17.9 Å². The van der Waals surface area contributed by atoms with Crippen LogP contribution in [0.5, 0.6) is 0 Å². The lowest BCUT2D eigenvalue weighted by molar-refractivity contribution is -0.121. The summed E-state index contributed by atoms with van der Waals surface area (Å²) in [6.07, 6.45) is 2.07. The molecule has 0 bridgehead atoms. The zero-order valence-electron chi connectivity index (χ0n) is 12.9. The number of hydrogen-bond donors (Lipinski definition) is 1. The van der Waals surface area contributed by atoms with Gasteiger partial charge in [-0.05, 0) is 36.4 Å². The van der Waals surface area contributed by atoms with Gasteiger partial charge in [0.05, 0.1) is 6.42 Å². The van der Waals surface area contributed by atoms with Gasteiger partial charge in [0.15, 0.2) is 0 Å². The van der Waals surface area contributed by atoms with Gasteiger partial charge in [0.25, 0.3) is 5.91 Å². The highest BCUT2D eigenvalue weighted by Crippen LogP contribution is 2.15. The SMILES string of the molecule is O=C(Cc1cccs1)NC1CCN(C(=O)c2ccccc2)CC1. The molecule has 23 heavy (non-hydrogen) atoms. The van der Waals surface area contributed by atoms with Gasteiger partial charge >= 0.3 is 0 Å². The van der Waals surface area contributed by atoms with Crippen LogP contribution in [0, 0.1) is 0 Å². The molecule has 1 fully saturated rings. The number of nitrogens with one attached hydrogen (secondary N) is 1. The monoisotopic (exact) mass is 328 g/mol. The third-order valence-electron chi connectivity index (χ3n) is 4.08. The number of piperidine rings is 1. The van der Waals surface area contributed by atoms with Crippen LogP contribution in [0.1, 0.15) is 28.1 Å². The predicted molar refractivity (Wildman–Crippen MR) is 91.5 cm³/mol. The Morgan fingerprint density at radius 1 is 1.09 bits per heavy atom. The minimum Gasteiger partial charge on any atom is -0.353 e. The molecule has 1 aromatic carbocycles. The smallest absolute Gasteiger partial charge is 0.253 e. The van der Waals surface area contributed by atoms with E-state index in [1.165, 1.54) is 0 Å². The number of carbonyl (C=O) groups excluding carboxylic acids is 2. The van der Waals surface area contributed by atoms with Crippen LogP contribution in [0.2, 0.25) is 0 Å². The van der Waals surface area contributed by atoms with Gasteiger partial charge in [-0.1, -0.05) is 24.3 Å². The summed E-state index contributed by atoms with van der Waals surface area (Å²) in [6, 6.07) is 13.5. The van der Waals surface area contributed by atoms with Gasteiger partial charge in [0.1, 0.15) is 0 Å². The fourth-order valence-electron chi connectivity index (χ4n) is 2.84. The molecule has 0 radical (unpaired) electrons. The van der Waals surface area contributed by atoms with Crippen molar-refractivity contribution in [3.8, 4) is 0 Å². The molecule has 4 nitrogen and oxygen atoms in total. The number of amides is 2. The molecule has 0 saturated carbocycles. The summed E-state index contributed by atoms with van der Waals surface area (Å²) in [5.41, 5.74) is 0.729. The van der Waals surface area contributed by atoms with Crippen molar-refractivity contribution in [2.45, 2.75) is 25.3 Å². The van der Waals surface area contributed by atoms with Gasteiger partial charge in [-0.3, -0.25) is 9.59 Å². The molecule has 2 aromatic rings. The van der Waals surface area contributed by atoms with E-state index in [9.17, 15) is 9.59 Å². The first kappa shape index (κ1) is 15.7. The molecule has 1 aliphatic heterocycles. The highest BCUT2D eigenvalue weighted by molar-refractivity contribution is 7.10. The molecule has 2 heterocycles. The maximum Gasteiger partial charge on any atom is 0.253 e. The number of benzene rings is 1. The van der Waals surface area contributed by atoms with E-state index in [4.69, 9.17) is 0 Å². The fraction of sp³-hybridized carbons (Fsp3) is 0.333. The molecular formula is C18H20N2O2S. The summed E-state index contributed by atoms with van der Waals surface area (Å²) in [5.74, 6) is 0.147. The molecule has 0 aliphatic carbocycles. The molecule has 5 heteroatoms. The molecule has 2 amide bonds. The average molecular weight is 328 g/mol. The quantitative estimate of drug-likeness (QED) is 0.938. The molecular weight excluding hydrogens is 308 g/mol. The van der Waals surface area contributed by atoms with E-state index in [0.29, 0.717) is 19.5 Å². The second-order valence-electron chi connectivity index (χ2n) is 5.76. The summed E-state index contributed by atoms with van der Waals surface area (Å²) < 4.78 is 0. The van der Waals surface area contributed by atoms with Gasteiger partial charge in [-0.15, -0.1) is 11.3 Å². The van der Waals surface area contributed by atoms with Crippen molar-refractivity contribution in [3.05, 3.63) is 58.3 Å². The predicted octanol–water partition coefficient (Wildman–Crippen LogP) is 2.71. The Balaban J connectivity index is 1.47. The minimum atomic E-state index is 0.0697. The van der Waals surface area contributed by atoms with Gasteiger partial charge in [0, 0.05) is 29.6 Å². The summed E-state index contributed by atoms with van der Waals surface area (Å²) in [7, 11) is 0. The standard InChI is InChI=1S/C18H20N2O2S/c21-17(13-16-7-4-12-23-16)19-15-8-10-20(11-9-15)18(22)14-5-2-1-3-6-14/h1-7,12,15H,8-11,13H2,(H,19,21). The van der Waals surface area contributed by atoms with Crippen LogP contribution in [0.4, 0.5) is 0 Å². The summed E-state index contributed by atoms with van der Waals surface area (Å²) in [6.45, 7) is 1.38. The molecule has 1 saturated heterocycles. The molecule has 120 valence electrons. The molecule has 0 spiro atoms. The third-order valence-corrected chi connectivity index (χ3v) is 4.96. The Kier molecular flexibility index (Phi) is 5.08. The van der Waals surface area contributed by atoms with Crippen LogP contribution < -0.4 is 5.32 Å². The van der Waals surface area contributed by atoms with E-state index < -0.39 is 0 Å². The van der Waals surface area contributed by atoms with Crippen molar-refractivity contribution in [1.82, 2.24) is 10.2 Å². The van der Waals surface area contributed by atoms with Crippen molar-refractivity contribution >= 4 is 23.2 Å². The molecule has 1 aromatic heterocycles. The largest absolute Gasteiger partial charge is 0.353 e. The lowest BCUT2D eigenvalue weighted by Gasteiger charge is -2.32. The molecule has 0 atom stereocenters. The van der Waals surface area contributed by atoms with E-state index in [1.807, 2.05) is 52.7 Å². The van der Waals surface area contributed by atoms with E-state index in [1.54, 1.807) is 11.3 Å². The highest BCUT2D eigenvalue weighted by Gasteiger charge is 2.24. The number of hydrogen-bond acceptors (Lipinski definition) is 3. The lowest BCUT2D eigenvalue weighted by Crippen LogP contribution is -2.46. The number of thiophene rings is 1. The second-order valence-corrected chi connectivity index (χ2v) is 6.79. The zero-order valence-corrected chi connectivity index (χ0v) is 13.7. The number of rotatable bonds is 4.